The average Bonchev–Trinajstić information content (AvgIpc) is 3.18. The molecule has 0 radical (unpaired) electrons. The van der Waals surface area contributed by atoms with Crippen LogP contribution in [-0.4, -0.2) is 39.2 Å². The lowest BCUT2D eigenvalue weighted by atomic mass is 9.87. The summed E-state index contributed by atoms with van der Waals surface area (Å²) >= 11 is 1.85. The molecule has 29 heavy (non-hydrogen) atoms. The molecule has 0 amide bonds. The highest BCUT2D eigenvalue weighted by Gasteiger charge is 2.19. The summed E-state index contributed by atoms with van der Waals surface area (Å²) < 4.78 is 8.14. The second-order valence-electron chi connectivity index (χ2n) is 7.91. The lowest BCUT2D eigenvalue weighted by molar-refractivity contribution is 0.322. The van der Waals surface area contributed by atoms with E-state index in [0.717, 1.165) is 47.2 Å². The van der Waals surface area contributed by atoms with Gasteiger partial charge in [0.25, 0.3) is 0 Å². The van der Waals surface area contributed by atoms with Gasteiger partial charge in [-0.2, -0.15) is 16.7 Å². The van der Waals surface area contributed by atoms with Gasteiger partial charge in [0.1, 0.15) is 11.6 Å². The van der Waals surface area contributed by atoms with Gasteiger partial charge >= 0.3 is 0 Å². The number of aromatic nitrogens is 3. The fraction of sp³-hybridized carbons (Fsp3) is 0.478. The monoisotopic (exact) mass is 410 g/mol. The molecule has 1 aliphatic rings. The topological polar surface area (TPSA) is 52.0 Å². The largest absolute Gasteiger partial charge is 0.493 e. The number of benzene rings is 1. The maximum Gasteiger partial charge on any atom is 0.224 e. The molecule has 0 unspecified atom stereocenters. The Morgan fingerprint density at radius 3 is 2.86 bits per heavy atom. The lowest BCUT2D eigenvalue weighted by Crippen LogP contribution is -2.26. The maximum atomic E-state index is 6.03. The first kappa shape index (κ1) is 20.1. The summed E-state index contributed by atoms with van der Waals surface area (Å²) in [5.74, 6) is 4.48. The van der Waals surface area contributed by atoms with E-state index in [-0.39, 0.29) is 0 Å². The molecule has 0 aliphatic heterocycles. The lowest BCUT2D eigenvalue weighted by Gasteiger charge is -2.26. The van der Waals surface area contributed by atoms with Gasteiger partial charge in [0.05, 0.1) is 12.1 Å². The Labute approximate surface area is 177 Å². The van der Waals surface area contributed by atoms with Crippen LogP contribution < -0.4 is 10.1 Å². The molecule has 1 aromatic carbocycles. The minimum absolute atomic E-state index is 0.476. The van der Waals surface area contributed by atoms with Crippen molar-refractivity contribution in [2.45, 2.75) is 45.1 Å². The van der Waals surface area contributed by atoms with Crippen LogP contribution in [0.1, 0.15) is 39.0 Å². The van der Waals surface area contributed by atoms with E-state index >= 15 is 0 Å². The molecule has 0 saturated heterocycles. The summed E-state index contributed by atoms with van der Waals surface area (Å²) in [6.07, 6.45) is 12.0. The second-order valence-corrected chi connectivity index (χ2v) is 8.89. The Morgan fingerprint density at radius 1 is 1.17 bits per heavy atom. The summed E-state index contributed by atoms with van der Waals surface area (Å²) in [4.78, 5) is 9.25. The zero-order valence-electron chi connectivity index (χ0n) is 17.3. The Morgan fingerprint density at radius 2 is 2.03 bits per heavy atom. The van der Waals surface area contributed by atoms with Gasteiger partial charge in [0, 0.05) is 23.8 Å². The summed E-state index contributed by atoms with van der Waals surface area (Å²) in [5.41, 5.74) is 1.10. The molecule has 0 atom stereocenters. The summed E-state index contributed by atoms with van der Waals surface area (Å²) in [7, 11) is 0. The van der Waals surface area contributed by atoms with Gasteiger partial charge in [-0.1, -0.05) is 13.0 Å². The van der Waals surface area contributed by atoms with Crippen LogP contribution in [0.4, 0.5) is 5.95 Å². The molecule has 0 spiro atoms. The SMILES string of the molecule is CSCCCOc1cccc2c1ccn2-c1ccnc(NC2CCC(C)CC2)n1. The van der Waals surface area contributed by atoms with Crippen molar-refractivity contribution in [1.29, 1.82) is 0 Å². The van der Waals surface area contributed by atoms with Crippen LogP contribution in [0.3, 0.4) is 0 Å². The number of fused-ring (bicyclic) bond motifs is 1. The Balaban J connectivity index is 1.52. The van der Waals surface area contributed by atoms with Crippen molar-refractivity contribution in [2.24, 2.45) is 5.92 Å². The number of anilines is 1. The van der Waals surface area contributed by atoms with E-state index < -0.39 is 0 Å². The molecular weight excluding hydrogens is 380 g/mol. The Kier molecular flexibility index (Phi) is 6.60. The van der Waals surface area contributed by atoms with Crippen LogP contribution >= 0.6 is 11.8 Å². The fourth-order valence-corrected chi connectivity index (χ4v) is 4.40. The molecular formula is C23H30N4OS. The number of nitrogens with one attached hydrogen (secondary N) is 1. The van der Waals surface area contributed by atoms with Crippen molar-refractivity contribution in [1.82, 2.24) is 14.5 Å². The first-order chi connectivity index (χ1) is 14.2. The van der Waals surface area contributed by atoms with E-state index in [4.69, 9.17) is 9.72 Å². The van der Waals surface area contributed by atoms with Gasteiger partial charge < -0.3 is 14.6 Å². The van der Waals surface area contributed by atoms with Crippen molar-refractivity contribution in [3.05, 3.63) is 42.7 Å². The van der Waals surface area contributed by atoms with E-state index in [2.05, 4.69) is 46.4 Å². The van der Waals surface area contributed by atoms with Gasteiger partial charge in [-0.05, 0) is 74.3 Å². The van der Waals surface area contributed by atoms with Crippen LogP contribution in [0.15, 0.2) is 42.7 Å². The summed E-state index contributed by atoms with van der Waals surface area (Å²) in [6.45, 7) is 3.08. The molecule has 1 aliphatic carbocycles. The zero-order chi connectivity index (χ0) is 20.1. The number of rotatable bonds is 8. The van der Waals surface area contributed by atoms with Crippen molar-refractivity contribution in [3.8, 4) is 11.6 Å². The summed E-state index contributed by atoms with van der Waals surface area (Å²) in [6, 6.07) is 10.7. The molecule has 154 valence electrons. The number of hydrogen-bond acceptors (Lipinski definition) is 5. The maximum absolute atomic E-state index is 6.03. The van der Waals surface area contributed by atoms with Gasteiger partial charge in [0.15, 0.2) is 0 Å². The molecule has 5 nitrogen and oxygen atoms in total. The third-order valence-electron chi connectivity index (χ3n) is 5.68. The molecule has 6 heteroatoms. The Bertz CT molecular complexity index is 934. The van der Waals surface area contributed by atoms with Gasteiger partial charge in [-0.3, -0.25) is 0 Å². The number of thioether (sulfide) groups is 1. The Hall–Kier alpha value is -2.21. The quantitative estimate of drug-likeness (QED) is 0.494. The summed E-state index contributed by atoms with van der Waals surface area (Å²) in [5, 5.41) is 4.66. The zero-order valence-corrected chi connectivity index (χ0v) is 18.1. The molecule has 4 rings (SSSR count). The van der Waals surface area contributed by atoms with E-state index in [1.165, 1.54) is 25.7 Å². The van der Waals surface area contributed by atoms with Crippen molar-refractivity contribution >= 4 is 28.6 Å². The molecule has 1 fully saturated rings. The molecule has 0 bridgehead atoms. The molecule has 2 heterocycles. The number of hydrogen-bond donors (Lipinski definition) is 1. The first-order valence-corrected chi connectivity index (χ1v) is 12.0. The van der Waals surface area contributed by atoms with Gasteiger partial charge in [0.2, 0.25) is 5.95 Å². The van der Waals surface area contributed by atoms with Crippen LogP contribution in [0.25, 0.3) is 16.7 Å². The smallest absolute Gasteiger partial charge is 0.224 e. The van der Waals surface area contributed by atoms with Crippen molar-refractivity contribution in [3.63, 3.8) is 0 Å². The minimum atomic E-state index is 0.476. The molecule has 2 aromatic heterocycles. The number of nitrogens with zero attached hydrogens (tertiary/aromatic N) is 3. The van der Waals surface area contributed by atoms with Gasteiger partial charge in [-0.15, -0.1) is 0 Å². The first-order valence-electron chi connectivity index (χ1n) is 10.6. The van der Waals surface area contributed by atoms with E-state index in [0.29, 0.717) is 12.0 Å². The normalized spacial score (nSPS) is 19.4. The predicted molar refractivity (Wildman–Crippen MR) is 122 cm³/mol. The number of ether oxygens (including phenoxy) is 1. The average molecular weight is 411 g/mol. The second kappa shape index (κ2) is 9.53. The minimum Gasteiger partial charge on any atom is -0.493 e. The highest BCUT2D eigenvalue weighted by Crippen LogP contribution is 2.29. The standard InChI is InChI=1S/C23H30N4OS/c1-17-7-9-18(10-8-17)25-23-24-13-11-22(26-23)27-14-12-19-20(27)5-3-6-21(19)28-15-4-16-29-2/h3,5-6,11-14,17-18H,4,7-10,15-16H2,1-2H3,(H,24,25,26). The predicted octanol–water partition coefficient (Wildman–Crippen LogP) is 5.54. The molecule has 3 aromatic rings. The van der Waals surface area contributed by atoms with E-state index in [9.17, 15) is 0 Å². The van der Waals surface area contributed by atoms with Crippen LogP contribution in [-0.2, 0) is 0 Å². The van der Waals surface area contributed by atoms with Gasteiger partial charge in [-0.25, -0.2) is 4.98 Å². The molecule has 1 saturated carbocycles. The molecule has 1 N–H and O–H groups in total. The van der Waals surface area contributed by atoms with Crippen molar-refractivity contribution in [2.75, 3.05) is 23.9 Å². The van der Waals surface area contributed by atoms with Crippen LogP contribution in [0.2, 0.25) is 0 Å². The highest BCUT2D eigenvalue weighted by atomic mass is 32.2. The van der Waals surface area contributed by atoms with E-state index in [1.807, 2.05) is 36.2 Å². The third kappa shape index (κ3) is 4.86. The fourth-order valence-electron chi connectivity index (χ4n) is 3.99. The van der Waals surface area contributed by atoms with Crippen molar-refractivity contribution < 1.29 is 4.74 Å². The van der Waals surface area contributed by atoms with E-state index in [1.54, 1.807) is 0 Å². The van der Waals surface area contributed by atoms with Crippen LogP contribution in [0.5, 0.6) is 5.75 Å². The van der Waals surface area contributed by atoms with Crippen LogP contribution in [0, 0.1) is 5.92 Å². The third-order valence-corrected chi connectivity index (χ3v) is 6.38. The highest BCUT2D eigenvalue weighted by molar-refractivity contribution is 7.98.